The smallest absolute Gasteiger partial charge is 0.243 e. The molecule has 0 aliphatic carbocycles. The molecular weight excluding hydrogens is 300 g/mol. The van der Waals surface area contributed by atoms with Gasteiger partial charge < -0.3 is 20.3 Å². The van der Waals surface area contributed by atoms with E-state index in [0.29, 0.717) is 5.25 Å². The van der Waals surface area contributed by atoms with Crippen LogP contribution in [0.1, 0.15) is 25.7 Å². The third-order valence-electron chi connectivity index (χ3n) is 3.91. The number of hydrogen-bond donors (Lipinski definition) is 2. The van der Waals surface area contributed by atoms with E-state index in [0.717, 1.165) is 38.5 Å². The molecule has 0 saturated carbocycles. The predicted octanol–water partition coefficient (Wildman–Crippen LogP) is 0.684. The van der Waals surface area contributed by atoms with Gasteiger partial charge in [0.25, 0.3) is 0 Å². The van der Waals surface area contributed by atoms with Crippen molar-refractivity contribution in [2.45, 2.75) is 37.0 Å². The Bertz CT molecular complexity index is 356. The van der Waals surface area contributed by atoms with Crippen molar-refractivity contribution >= 4 is 23.6 Å². The Balaban J connectivity index is 1.80. The summed E-state index contributed by atoms with van der Waals surface area (Å²) in [7, 11) is 3.50. The molecule has 2 unspecified atom stereocenters. The molecule has 2 aliphatic heterocycles. The molecule has 7 heteroatoms. The quantitative estimate of drug-likeness (QED) is 0.555. The van der Waals surface area contributed by atoms with E-state index in [2.05, 4.69) is 15.6 Å². The topological polar surface area (TPSA) is 66.0 Å². The zero-order valence-electron chi connectivity index (χ0n) is 13.6. The van der Waals surface area contributed by atoms with Crippen molar-refractivity contribution in [1.29, 1.82) is 0 Å². The molecule has 2 N–H and O–H groups in total. The number of nitrogens with one attached hydrogen (secondary N) is 2. The van der Waals surface area contributed by atoms with E-state index in [9.17, 15) is 4.79 Å². The Morgan fingerprint density at radius 3 is 2.73 bits per heavy atom. The summed E-state index contributed by atoms with van der Waals surface area (Å²) in [6.45, 7) is 2.67. The summed E-state index contributed by atoms with van der Waals surface area (Å²) >= 11 is 2.01. The maximum atomic E-state index is 11.7. The molecule has 2 heterocycles. The number of rotatable bonds is 6. The van der Waals surface area contributed by atoms with Crippen molar-refractivity contribution in [3.63, 3.8) is 0 Å². The number of nitrogens with zero attached hydrogens (tertiary/aromatic N) is 2. The normalized spacial score (nSPS) is 25.3. The van der Waals surface area contributed by atoms with Gasteiger partial charge >= 0.3 is 0 Å². The highest BCUT2D eigenvalue weighted by molar-refractivity contribution is 8.00. The van der Waals surface area contributed by atoms with E-state index in [4.69, 9.17) is 4.74 Å². The Hall–Kier alpha value is -0.950. The van der Waals surface area contributed by atoms with Gasteiger partial charge in [0, 0.05) is 39.0 Å². The fourth-order valence-electron chi connectivity index (χ4n) is 2.49. The van der Waals surface area contributed by atoms with Gasteiger partial charge in [-0.05, 0) is 31.4 Å². The second-order valence-electron chi connectivity index (χ2n) is 5.98. The molecule has 22 heavy (non-hydrogen) atoms. The zero-order valence-corrected chi connectivity index (χ0v) is 14.5. The largest absolute Gasteiger partial charge is 0.376 e. The van der Waals surface area contributed by atoms with Crippen LogP contribution in [0.2, 0.25) is 0 Å². The molecule has 0 spiro atoms. The molecule has 2 rings (SSSR count). The van der Waals surface area contributed by atoms with Crippen LogP contribution in [-0.2, 0) is 9.53 Å². The first-order valence-corrected chi connectivity index (χ1v) is 9.15. The first-order valence-electron chi connectivity index (χ1n) is 8.10. The Kier molecular flexibility index (Phi) is 7.32. The maximum Gasteiger partial charge on any atom is 0.243 e. The van der Waals surface area contributed by atoms with Crippen molar-refractivity contribution in [3.05, 3.63) is 0 Å². The van der Waals surface area contributed by atoms with Crippen LogP contribution in [0.25, 0.3) is 0 Å². The average molecular weight is 328 g/mol. The summed E-state index contributed by atoms with van der Waals surface area (Å²) < 4.78 is 5.62. The summed E-state index contributed by atoms with van der Waals surface area (Å²) in [4.78, 5) is 17.7. The van der Waals surface area contributed by atoms with E-state index in [1.807, 2.05) is 11.8 Å². The molecule has 0 aromatic carbocycles. The molecule has 0 radical (unpaired) electrons. The highest BCUT2D eigenvalue weighted by atomic mass is 32.2. The number of hydrogen-bond acceptors (Lipinski definition) is 4. The molecule has 0 bridgehead atoms. The van der Waals surface area contributed by atoms with Gasteiger partial charge in [-0.3, -0.25) is 4.79 Å². The predicted molar refractivity (Wildman–Crippen MR) is 91.5 cm³/mol. The van der Waals surface area contributed by atoms with Gasteiger partial charge in [-0.1, -0.05) is 0 Å². The lowest BCUT2D eigenvalue weighted by Gasteiger charge is -2.18. The molecule has 0 aromatic rings. The molecule has 2 aliphatic rings. The minimum absolute atomic E-state index is 0.00783. The highest BCUT2D eigenvalue weighted by Crippen LogP contribution is 2.25. The SMILES string of the molecule is CN(C)C(=O)CN=C(NCC1CCCO1)NCC1CCCS1. The Labute approximate surface area is 137 Å². The van der Waals surface area contributed by atoms with Crippen LogP contribution in [0.5, 0.6) is 0 Å². The molecule has 6 nitrogen and oxygen atoms in total. The van der Waals surface area contributed by atoms with E-state index < -0.39 is 0 Å². The van der Waals surface area contributed by atoms with Crippen LogP contribution < -0.4 is 10.6 Å². The summed E-state index contributed by atoms with van der Waals surface area (Å²) in [5.41, 5.74) is 0. The summed E-state index contributed by atoms with van der Waals surface area (Å²) in [6.07, 6.45) is 5.04. The second kappa shape index (κ2) is 9.25. The van der Waals surface area contributed by atoms with Crippen molar-refractivity contribution in [1.82, 2.24) is 15.5 Å². The average Bonchev–Trinajstić information content (AvgIpc) is 3.19. The third kappa shape index (κ3) is 6.04. The third-order valence-corrected chi connectivity index (χ3v) is 5.31. The van der Waals surface area contributed by atoms with Crippen molar-refractivity contribution < 1.29 is 9.53 Å². The van der Waals surface area contributed by atoms with Crippen molar-refractivity contribution in [3.8, 4) is 0 Å². The lowest BCUT2D eigenvalue weighted by atomic mass is 10.2. The monoisotopic (exact) mass is 328 g/mol. The van der Waals surface area contributed by atoms with Crippen LogP contribution in [0.3, 0.4) is 0 Å². The van der Waals surface area contributed by atoms with E-state index in [1.165, 1.54) is 18.6 Å². The van der Waals surface area contributed by atoms with Gasteiger partial charge in [0.2, 0.25) is 5.91 Å². The van der Waals surface area contributed by atoms with Crippen molar-refractivity contribution in [2.75, 3.05) is 46.1 Å². The van der Waals surface area contributed by atoms with Crippen LogP contribution in [0.4, 0.5) is 0 Å². The molecule has 2 fully saturated rings. The Morgan fingerprint density at radius 2 is 2.09 bits per heavy atom. The van der Waals surface area contributed by atoms with Gasteiger partial charge in [0.15, 0.2) is 5.96 Å². The van der Waals surface area contributed by atoms with Gasteiger partial charge in [0.1, 0.15) is 6.54 Å². The van der Waals surface area contributed by atoms with E-state index >= 15 is 0 Å². The summed E-state index contributed by atoms with van der Waals surface area (Å²) in [6, 6.07) is 0. The number of carbonyl (C=O) groups is 1. The van der Waals surface area contributed by atoms with Crippen LogP contribution >= 0.6 is 11.8 Å². The molecule has 2 atom stereocenters. The highest BCUT2D eigenvalue weighted by Gasteiger charge is 2.18. The number of thioether (sulfide) groups is 1. The van der Waals surface area contributed by atoms with Crippen molar-refractivity contribution in [2.24, 2.45) is 4.99 Å². The van der Waals surface area contributed by atoms with Crippen LogP contribution in [0.15, 0.2) is 4.99 Å². The maximum absolute atomic E-state index is 11.7. The first kappa shape index (κ1) is 17.4. The van der Waals surface area contributed by atoms with Crippen LogP contribution in [0, 0.1) is 0 Å². The number of aliphatic imine (C=N–C) groups is 1. The standard InChI is InChI=1S/C15H28N4O2S/c1-19(2)14(20)11-18-15(16-9-12-5-3-7-21-12)17-10-13-6-4-8-22-13/h12-13H,3-11H2,1-2H3,(H2,16,17,18). The first-order chi connectivity index (χ1) is 10.6. The Morgan fingerprint density at radius 1 is 1.27 bits per heavy atom. The van der Waals surface area contributed by atoms with Gasteiger partial charge in [-0.2, -0.15) is 11.8 Å². The molecule has 126 valence electrons. The number of likely N-dealkylation sites (N-methyl/N-ethyl adjacent to an activating group) is 1. The molecule has 1 amide bonds. The van der Waals surface area contributed by atoms with E-state index in [1.54, 1.807) is 19.0 Å². The second-order valence-corrected chi connectivity index (χ2v) is 7.39. The lowest BCUT2D eigenvalue weighted by Crippen LogP contribution is -2.43. The minimum atomic E-state index is 0.00783. The van der Waals surface area contributed by atoms with Crippen LogP contribution in [-0.4, -0.2) is 74.2 Å². The minimum Gasteiger partial charge on any atom is -0.376 e. The fraction of sp³-hybridized carbons (Fsp3) is 0.867. The summed E-state index contributed by atoms with van der Waals surface area (Å²) in [5.74, 6) is 1.98. The molecule has 2 saturated heterocycles. The summed E-state index contributed by atoms with van der Waals surface area (Å²) in [5, 5.41) is 7.34. The van der Waals surface area contributed by atoms with Gasteiger partial charge in [0.05, 0.1) is 6.10 Å². The van der Waals surface area contributed by atoms with Gasteiger partial charge in [-0.25, -0.2) is 4.99 Å². The number of guanidine groups is 1. The van der Waals surface area contributed by atoms with E-state index in [-0.39, 0.29) is 18.6 Å². The zero-order chi connectivity index (χ0) is 15.8. The van der Waals surface area contributed by atoms with Gasteiger partial charge in [-0.15, -0.1) is 0 Å². The molecular formula is C15H28N4O2S. The number of amides is 1. The fourth-order valence-corrected chi connectivity index (χ4v) is 3.70. The molecule has 0 aromatic heterocycles. The number of ether oxygens (including phenoxy) is 1. The lowest BCUT2D eigenvalue weighted by molar-refractivity contribution is -0.127. The number of carbonyl (C=O) groups excluding carboxylic acids is 1.